The van der Waals surface area contributed by atoms with Crippen LogP contribution in [0.25, 0.3) is 0 Å². The number of nitrogens with one attached hydrogen (secondary N) is 2. The van der Waals surface area contributed by atoms with Crippen LogP contribution < -0.4 is 10.9 Å². The molecule has 1 atom stereocenters. The van der Waals surface area contributed by atoms with Crippen molar-refractivity contribution in [3.8, 4) is 0 Å². The molecule has 0 aliphatic carbocycles. The molecular weight excluding hydrogens is 282 g/mol. The highest BCUT2D eigenvalue weighted by molar-refractivity contribution is 7.99. The number of hydrogen-bond acceptors (Lipinski definition) is 4. The molecule has 112 valence electrons. The smallest absolute Gasteiger partial charge is 0.256 e. The van der Waals surface area contributed by atoms with E-state index in [1.54, 1.807) is 18.7 Å². The van der Waals surface area contributed by atoms with Crippen molar-refractivity contribution in [1.82, 2.24) is 9.97 Å². The number of benzene rings is 1. The average molecular weight is 303 g/mol. The molecule has 1 heterocycles. The van der Waals surface area contributed by atoms with Crippen LogP contribution in [0, 0.1) is 13.8 Å². The van der Waals surface area contributed by atoms with Crippen LogP contribution in [0.4, 0.5) is 5.69 Å². The Kier molecular flexibility index (Phi) is 5.07. The number of aromatic nitrogens is 2. The van der Waals surface area contributed by atoms with E-state index in [0.717, 1.165) is 17.1 Å². The predicted molar refractivity (Wildman–Crippen MR) is 89.2 cm³/mol. The Morgan fingerprint density at radius 1 is 1.33 bits per heavy atom. The number of H-pyrrole nitrogens is 1. The SMILES string of the molecule is CCSc1ccccc1NC(C)c1c(C)nc(C)[nH]c1=O. The van der Waals surface area contributed by atoms with E-state index in [4.69, 9.17) is 0 Å². The molecule has 1 aromatic carbocycles. The number of aryl methyl sites for hydroxylation is 2. The summed E-state index contributed by atoms with van der Waals surface area (Å²) in [4.78, 5) is 20.5. The molecule has 0 aliphatic heterocycles. The van der Waals surface area contributed by atoms with Crippen LogP contribution in [0.1, 0.15) is 37.0 Å². The third-order valence-electron chi connectivity index (χ3n) is 3.26. The third-order valence-corrected chi connectivity index (χ3v) is 4.21. The molecule has 2 rings (SSSR count). The Morgan fingerprint density at radius 3 is 2.71 bits per heavy atom. The zero-order valence-corrected chi connectivity index (χ0v) is 13.7. The van der Waals surface area contributed by atoms with Gasteiger partial charge in [0.05, 0.1) is 17.3 Å². The quantitative estimate of drug-likeness (QED) is 0.827. The number of rotatable bonds is 5. The van der Waals surface area contributed by atoms with Crippen LogP contribution in [0.15, 0.2) is 34.0 Å². The lowest BCUT2D eigenvalue weighted by molar-refractivity contribution is 0.811. The van der Waals surface area contributed by atoms with Crippen molar-refractivity contribution in [2.75, 3.05) is 11.1 Å². The second kappa shape index (κ2) is 6.80. The van der Waals surface area contributed by atoms with Gasteiger partial charge in [0.15, 0.2) is 0 Å². The minimum absolute atomic E-state index is 0.0689. The van der Waals surface area contributed by atoms with Crippen LogP contribution in [0.5, 0.6) is 0 Å². The first kappa shape index (κ1) is 15.6. The maximum atomic E-state index is 12.2. The van der Waals surface area contributed by atoms with Gasteiger partial charge in [0.25, 0.3) is 5.56 Å². The third kappa shape index (κ3) is 3.67. The summed E-state index contributed by atoms with van der Waals surface area (Å²) < 4.78 is 0. The summed E-state index contributed by atoms with van der Waals surface area (Å²) in [6, 6.07) is 8.06. The molecule has 0 saturated carbocycles. The van der Waals surface area contributed by atoms with Crippen molar-refractivity contribution < 1.29 is 0 Å². The molecule has 21 heavy (non-hydrogen) atoms. The summed E-state index contributed by atoms with van der Waals surface area (Å²) in [6.45, 7) is 7.79. The fraction of sp³-hybridized carbons (Fsp3) is 0.375. The van der Waals surface area contributed by atoms with Crippen LogP contribution in [0.3, 0.4) is 0 Å². The monoisotopic (exact) mass is 303 g/mol. The van der Waals surface area contributed by atoms with E-state index in [1.165, 1.54) is 4.90 Å². The van der Waals surface area contributed by atoms with Crippen LogP contribution in [-0.2, 0) is 0 Å². The van der Waals surface area contributed by atoms with E-state index >= 15 is 0 Å². The molecule has 0 bridgehead atoms. The molecule has 0 saturated heterocycles. The standard InChI is InChI=1S/C16H21N3OS/c1-5-21-14-9-7-6-8-13(14)18-11(3)15-10(2)17-12(4)19-16(15)20/h6-9,11,18H,5H2,1-4H3,(H,17,19,20). The summed E-state index contributed by atoms with van der Waals surface area (Å²) >= 11 is 1.79. The Hall–Kier alpha value is -1.75. The fourth-order valence-corrected chi connectivity index (χ4v) is 3.19. The van der Waals surface area contributed by atoms with Gasteiger partial charge in [-0.2, -0.15) is 0 Å². The Bertz CT molecular complexity index is 681. The number of aromatic amines is 1. The Balaban J connectivity index is 2.31. The number of thioether (sulfide) groups is 1. The highest BCUT2D eigenvalue weighted by Crippen LogP contribution is 2.29. The number of nitrogens with zero attached hydrogens (tertiary/aromatic N) is 1. The molecule has 0 radical (unpaired) electrons. The van der Waals surface area contributed by atoms with Gasteiger partial charge in [-0.15, -0.1) is 11.8 Å². The summed E-state index contributed by atoms with van der Waals surface area (Å²) in [5, 5.41) is 3.43. The Labute approximate surface area is 129 Å². The molecule has 0 aliphatic rings. The van der Waals surface area contributed by atoms with Gasteiger partial charge in [-0.05, 0) is 38.7 Å². The van der Waals surface area contributed by atoms with Gasteiger partial charge in [0.2, 0.25) is 0 Å². The number of anilines is 1. The zero-order valence-electron chi connectivity index (χ0n) is 12.9. The highest BCUT2D eigenvalue weighted by Gasteiger charge is 2.15. The number of hydrogen-bond donors (Lipinski definition) is 2. The molecular formula is C16H21N3OS. The minimum Gasteiger partial charge on any atom is -0.377 e. The summed E-state index contributed by atoms with van der Waals surface area (Å²) in [6.07, 6.45) is 0. The molecule has 0 amide bonds. The summed E-state index contributed by atoms with van der Waals surface area (Å²) in [7, 11) is 0. The lowest BCUT2D eigenvalue weighted by atomic mass is 10.1. The van der Waals surface area contributed by atoms with E-state index in [0.29, 0.717) is 11.4 Å². The topological polar surface area (TPSA) is 57.8 Å². The van der Waals surface area contributed by atoms with Crippen molar-refractivity contribution in [3.63, 3.8) is 0 Å². The van der Waals surface area contributed by atoms with Gasteiger partial charge in [0.1, 0.15) is 5.82 Å². The lowest BCUT2D eigenvalue weighted by Gasteiger charge is -2.18. The number of para-hydroxylation sites is 1. The van der Waals surface area contributed by atoms with Crippen LogP contribution in [-0.4, -0.2) is 15.7 Å². The largest absolute Gasteiger partial charge is 0.377 e. The molecule has 0 spiro atoms. The van der Waals surface area contributed by atoms with Crippen molar-refractivity contribution in [2.24, 2.45) is 0 Å². The lowest BCUT2D eigenvalue weighted by Crippen LogP contribution is -2.23. The summed E-state index contributed by atoms with van der Waals surface area (Å²) in [5.41, 5.74) is 2.45. The molecule has 2 N–H and O–H groups in total. The maximum Gasteiger partial charge on any atom is 0.256 e. The van der Waals surface area contributed by atoms with Gasteiger partial charge in [-0.25, -0.2) is 4.98 Å². The first-order valence-corrected chi connectivity index (χ1v) is 8.07. The van der Waals surface area contributed by atoms with Crippen molar-refractivity contribution in [1.29, 1.82) is 0 Å². The zero-order chi connectivity index (χ0) is 15.4. The van der Waals surface area contributed by atoms with E-state index < -0.39 is 0 Å². The van der Waals surface area contributed by atoms with Crippen molar-refractivity contribution in [2.45, 2.75) is 38.6 Å². The van der Waals surface area contributed by atoms with Crippen LogP contribution in [0.2, 0.25) is 0 Å². The van der Waals surface area contributed by atoms with Gasteiger partial charge in [-0.3, -0.25) is 4.79 Å². The van der Waals surface area contributed by atoms with Gasteiger partial charge in [-0.1, -0.05) is 19.1 Å². The molecule has 2 aromatic rings. The van der Waals surface area contributed by atoms with Crippen molar-refractivity contribution in [3.05, 3.63) is 51.7 Å². The molecule has 5 heteroatoms. The first-order chi connectivity index (χ1) is 10.0. The van der Waals surface area contributed by atoms with Crippen molar-refractivity contribution >= 4 is 17.4 Å². The van der Waals surface area contributed by atoms with Gasteiger partial charge in [0, 0.05) is 10.6 Å². The highest BCUT2D eigenvalue weighted by atomic mass is 32.2. The molecule has 0 fully saturated rings. The second-order valence-electron chi connectivity index (χ2n) is 4.95. The predicted octanol–water partition coefficient (Wildman–Crippen LogP) is 3.67. The first-order valence-electron chi connectivity index (χ1n) is 7.08. The summed E-state index contributed by atoms with van der Waals surface area (Å²) in [5.74, 6) is 1.66. The Morgan fingerprint density at radius 2 is 2.05 bits per heavy atom. The molecule has 1 unspecified atom stereocenters. The minimum atomic E-state index is -0.0968. The second-order valence-corrected chi connectivity index (χ2v) is 6.25. The van der Waals surface area contributed by atoms with E-state index in [-0.39, 0.29) is 11.6 Å². The maximum absolute atomic E-state index is 12.2. The van der Waals surface area contributed by atoms with Crippen LogP contribution >= 0.6 is 11.8 Å². The van der Waals surface area contributed by atoms with Gasteiger partial charge >= 0.3 is 0 Å². The van der Waals surface area contributed by atoms with Gasteiger partial charge < -0.3 is 10.3 Å². The normalized spacial score (nSPS) is 12.2. The van der Waals surface area contributed by atoms with E-state index in [2.05, 4.69) is 28.3 Å². The van der Waals surface area contributed by atoms with E-state index in [1.807, 2.05) is 32.0 Å². The molecule has 4 nitrogen and oxygen atoms in total. The average Bonchev–Trinajstić information content (AvgIpc) is 2.40. The van der Waals surface area contributed by atoms with E-state index in [9.17, 15) is 4.79 Å². The molecule has 1 aromatic heterocycles. The fourth-order valence-electron chi connectivity index (χ4n) is 2.42.